The van der Waals surface area contributed by atoms with Gasteiger partial charge in [-0.2, -0.15) is 0 Å². The van der Waals surface area contributed by atoms with Crippen LogP contribution in [0.3, 0.4) is 0 Å². The molecular weight excluding hydrogens is 372 g/mol. The number of benzene rings is 1. The van der Waals surface area contributed by atoms with E-state index in [2.05, 4.69) is 0 Å². The lowest BCUT2D eigenvalue weighted by Gasteiger charge is -2.35. The lowest BCUT2D eigenvalue weighted by Crippen LogP contribution is -2.47. The van der Waals surface area contributed by atoms with Gasteiger partial charge in [0.1, 0.15) is 6.61 Å². The highest BCUT2D eigenvalue weighted by atomic mass is 16.6. The molecule has 1 atom stereocenters. The third-order valence-electron chi connectivity index (χ3n) is 5.70. The van der Waals surface area contributed by atoms with E-state index in [0.29, 0.717) is 29.1 Å². The summed E-state index contributed by atoms with van der Waals surface area (Å²) in [5, 5.41) is 0.998. The van der Waals surface area contributed by atoms with Crippen molar-refractivity contribution < 1.29 is 19.1 Å². The quantitative estimate of drug-likeness (QED) is 0.489. The summed E-state index contributed by atoms with van der Waals surface area (Å²) < 4.78 is 12.3. The number of para-hydroxylation sites is 1. The van der Waals surface area contributed by atoms with Crippen molar-refractivity contribution in [3.63, 3.8) is 0 Å². The Hall–Kier alpha value is -3.48. The lowest BCUT2D eigenvalue weighted by atomic mass is 9.85. The third kappa shape index (κ3) is 2.36. The summed E-state index contributed by atoms with van der Waals surface area (Å²) >= 11 is 0. The molecule has 0 saturated carbocycles. The van der Waals surface area contributed by atoms with Crippen LogP contribution in [0, 0.1) is 0 Å². The van der Waals surface area contributed by atoms with E-state index >= 15 is 0 Å². The van der Waals surface area contributed by atoms with Crippen molar-refractivity contribution >= 4 is 22.8 Å². The number of hydrogen-bond acceptors (Lipinski definition) is 6. The van der Waals surface area contributed by atoms with Gasteiger partial charge in [0.2, 0.25) is 5.60 Å². The van der Waals surface area contributed by atoms with Crippen LogP contribution in [0.1, 0.15) is 37.0 Å². The molecule has 29 heavy (non-hydrogen) atoms. The van der Waals surface area contributed by atoms with Crippen molar-refractivity contribution in [2.75, 3.05) is 0 Å². The van der Waals surface area contributed by atoms with Gasteiger partial charge in [0, 0.05) is 23.4 Å². The second kappa shape index (κ2) is 6.01. The van der Waals surface area contributed by atoms with E-state index in [1.807, 2.05) is 30.3 Å². The fourth-order valence-corrected chi connectivity index (χ4v) is 4.33. The first-order valence-electron chi connectivity index (χ1n) is 9.47. The van der Waals surface area contributed by atoms with Gasteiger partial charge in [0.15, 0.2) is 0 Å². The van der Waals surface area contributed by atoms with Crippen LogP contribution >= 0.6 is 0 Å². The normalized spacial score (nSPS) is 19.3. The number of hydrogen-bond donors (Lipinski definition) is 0. The topological polar surface area (TPSA) is 87.5 Å². The van der Waals surface area contributed by atoms with Crippen LogP contribution < -0.4 is 5.56 Å². The zero-order chi connectivity index (χ0) is 20.3. The second-order valence-electron chi connectivity index (χ2n) is 7.35. The molecule has 2 aliphatic rings. The number of ether oxygens (including phenoxy) is 2. The van der Waals surface area contributed by atoms with E-state index in [0.717, 1.165) is 16.5 Å². The molecule has 0 amide bonds. The number of carbonyl (C=O) groups excluding carboxylic acids is 2. The molecule has 1 unspecified atom stereocenters. The Balaban J connectivity index is 1.79. The third-order valence-corrected chi connectivity index (χ3v) is 5.70. The molecule has 2 aliphatic heterocycles. The number of carbonyl (C=O) groups is 2. The van der Waals surface area contributed by atoms with Gasteiger partial charge >= 0.3 is 11.9 Å². The fraction of sp³-hybridized carbons (Fsp3) is 0.273. The van der Waals surface area contributed by atoms with E-state index in [1.165, 1.54) is 6.92 Å². The molecule has 0 bridgehead atoms. The predicted octanol–water partition coefficient (Wildman–Crippen LogP) is 2.65. The molecule has 0 saturated heterocycles. The molecule has 7 heteroatoms. The highest BCUT2D eigenvalue weighted by Gasteiger charge is 2.50. The SMILES string of the molecule is CCC1(OC(C)=O)C(=O)OCc2c1cc1n(c2=O)Cc2cc3ccccc3nc2-1. The number of esters is 2. The monoisotopic (exact) mass is 390 g/mol. The van der Waals surface area contributed by atoms with Gasteiger partial charge in [-0.1, -0.05) is 25.1 Å². The van der Waals surface area contributed by atoms with Crippen LogP contribution in [0.5, 0.6) is 0 Å². The molecule has 1 aromatic carbocycles. The number of aromatic nitrogens is 2. The largest absolute Gasteiger partial charge is 0.457 e. The van der Waals surface area contributed by atoms with E-state index in [9.17, 15) is 14.4 Å². The molecule has 146 valence electrons. The predicted molar refractivity (Wildman–Crippen MR) is 104 cm³/mol. The number of rotatable bonds is 2. The zero-order valence-electron chi connectivity index (χ0n) is 16.0. The minimum atomic E-state index is -1.62. The Morgan fingerprint density at radius 3 is 2.83 bits per heavy atom. The highest BCUT2D eigenvalue weighted by Crippen LogP contribution is 2.40. The highest BCUT2D eigenvalue weighted by molar-refractivity contribution is 5.88. The van der Waals surface area contributed by atoms with Crippen LogP contribution in [-0.4, -0.2) is 21.5 Å². The maximum absolute atomic E-state index is 13.3. The summed E-state index contributed by atoms with van der Waals surface area (Å²) in [6.07, 6.45) is 0.166. The second-order valence-corrected chi connectivity index (χ2v) is 7.35. The smallest absolute Gasteiger partial charge is 0.355 e. The van der Waals surface area contributed by atoms with Gasteiger partial charge in [-0.3, -0.25) is 9.59 Å². The lowest BCUT2D eigenvalue weighted by molar-refractivity contribution is -0.188. The van der Waals surface area contributed by atoms with Crippen molar-refractivity contribution in [2.45, 2.75) is 39.0 Å². The van der Waals surface area contributed by atoms with Gasteiger partial charge in [-0.15, -0.1) is 0 Å². The zero-order valence-corrected chi connectivity index (χ0v) is 16.0. The average molecular weight is 390 g/mol. The van der Waals surface area contributed by atoms with Gasteiger partial charge < -0.3 is 14.0 Å². The molecule has 2 aromatic heterocycles. The summed E-state index contributed by atoms with van der Waals surface area (Å²) in [6.45, 7) is 3.23. The number of pyridine rings is 2. The number of nitrogens with zero attached hydrogens (tertiary/aromatic N) is 2. The summed E-state index contributed by atoms with van der Waals surface area (Å²) in [7, 11) is 0. The summed E-state index contributed by atoms with van der Waals surface area (Å²) in [6, 6.07) is 11.5. The molecule has 0 spiro atoms. The van der Waals surface area contributed by atoms with E-state index in [1.54, 1.807) is 17.6 Å². The Kier molecular flexibility index (Phi) is 3.65. The van der Waals surface area contributed by atoms with Crippen molar-refractivity contribution in [1.29, 1.82) is 0 Å². The molecule has 0 N–H and O–H groups in total. The Morgan fingerprint density at radius 2 is 2.07 bits per heavy atom. The maximum atomic E-state index is 13.3. The molecule has 5 rings (SSSR count). The summed E-state index contributed by atoms with van der Waals surface area (Å²) in [5.74, 6) is -1.27. The minimum Gasteiger partial charge on any atom is -0.457 e. The van der Waals surface area contributed by atoms with Gasteiger partial charge in [0.25, 0.3) is 5.56 Å². The molecule has 7 nitrogen and oxygen atoms in total. The first kappa shape index (κ1) is 17.6. The first-order valence-corrected chi connectivity index (χ1v) is 9.47. The first-order chi connectivity index (χ1) is 13.9. The number of fused-ring (bicyclic) bond motifs is 5. The van der Waals surface area contributed by atoms with Crippen molar-refractivity contribution in [3.8, 4) is 11.4 Å². The van der Waals surface area contributed by atoms with Crippen LogP contribution in [-0.2, 0) is 37.8 Å². The van der Waals surface area contributed by atoms with Gasteiger partial charge in [-0.25, -0.2) is 9.78 Å². The number of cyclic esters (lactones) is 1. The summed E-state index contributed by atoms with van der Waals surface area (Å²) in [4.78, 5) is 42.4. The summed E-state index contributed by atoms with van der Waals surface area (Å²) in [5.41, 5.74) is 1.95. The van der Waals surface area contributed by atoms with E-state index in [-0.39, 0.29) is 18.6 Å². The van der Waals surface area contributed by atoms with Crippen LogP contribution in [0.15, 0.2) is 41.2 Å². The van der Waals surface area contributed by atoms with E-state index in [4.69, 9.17) is 14.5 Å². The molecule has 0 radical (unpaired) electrons. The Labute approximate surface area is 165 Å². The molecule has 3 aromatic rings. The molecule has 0 aliphatic carbocycles. The standard InChI is InChI=1S/C22H18N2O5/c1-3-22(29-12(2)25)16-9-18-19-14(8-13-6-4-5-7-17(13)23-19)10-24(18)20(26)15(16)11-28-21(22)27/h4-9H,3,10-11H2,1-2H3. The van der Waals surface area contributed by atoms with Crippen LogP contribution in [0.25, 0.3) is 22.3 Å². The van der Waals surface area contributed by atoms with Crippen LogP contribution in [0.4, 0.5) is 0 Å². The fourth-order valence-electron chi connectivity index (χ4n) is 4.33. The molecular formula is C22H18N2O5. The Morgan fingerprint density at radius 1 is 1.28 bits per heavy atom. The van der Waals surface area contributed by atoms with Crippen LogP contribution in [0.2, 0.25) is 0 Å². The molecule has 0 fully saturated rings. The van der Waals surface area contributed by atoms with Crippen molar-refractivity contribution in [3.05, 3.63) is 63.4 Å². The molecule has 4 heterocycles. The maximum Gasteiger partial charge on any atom is 0.355 e. The van der Waals surface area contributed by atoms with Gasteiger partial charge in [-0.05, 0) is 24.6 Å². The average Bonchev–Trinajstić information content (AvgIpc) is 3.06. The van der Waals surface area contributed by atoms with Crippen molar-refractivity contribution in [1.82, 2.24) is 9.55 Å². The Bertz CT molecular complexity index is 1280. The van der Waals surface area contributed by atoms with Gasteiger partial charge in [0.05, 0.1) is 29.0 Å². The van der Waals surface area contributed by atoms with Crippen molar-refractivity contribution in [2.24, 2.45) is 0 Å². The minimum absolute atomic E-state index is 0.137. The van der Waals surface area contributed by atoms with E-state index < -0.39 is 17.5 Å².